The highest BCUT2D eigenvalue weighted by Gasteiger charge is 2.18. The van der Waals surface area contributed by atoms with Crippen LogP contribution in [0.5, 0.6) is 0 Å². The van der Waals surface area contributed by atoms with E-state index < -0.39 is 6.10 Å². The van der Waals surface area contributed by atoms with Gasteiger partial charge in [-0.2, -0.15) is 0 Å². The number of benzene rings is 1. The summed E-state index contributed by atoms with van der Waals surface area (Å²) >= 11 is 0. The molecule has 0 saturated carbocycles. The van der Waals surface area contributed by atoms with Crippen molar-refractivity contribution in [2.75, 3.05) is 18.0 Å². The normalized spacial score (nSPS) is 15.0. The van der Waals surface area contributed by atoms with E-state index in [9.17, 15) is 9.90 Å². The minimum absolute atomic E-state index is 0.219. The van der Waals surface area contributed by atoms with Crippen LogP contribution < -0.4 is 10.2 Å². The van der Waals surface area contributed by atoms with Crippen molar-refractivity contribution < 1.29 is 9.90 Å². The van der Waals surface area contributed by atoms with Gasteiger partial charge in [0.25, 0.3) is 5.91 Å². The number of aliphatic hydroxyl groups excluding tert-OH is 1. The van der Waals surface area contributed by atoms with E-state index in [0.717, 1.165) is 25.2 Å². The van der Waals surface area contributed by atoms with Crippen molar-refractivity contribution in [3.8, 4) is 0 Å². The molecular formula is C18H21N3O2. The number of carbonyl (C=O) groups is 1. The van der Waals surface area contributed by atoms with E-state index in [1.165, 1.54) is 11.3 Å². The number of hydrogen-bond donors (Lipinski definition) is 2. The monoisotopic (exact) mass is 311 g/mol. The van der Waals surface area contributed by atoms with Gasteiger partial charge in [0.05, 0.1) is 11.7 Å². The van der Waals surface area contributed by atoms with E-state index in [1.54, 1.807) is 19.2 Å². The number of nitrogens with one attached hydrogen (secondary N) is 1. The summed E-state index contributed by atoms with van der Waals surface area (Å²) in [6.07, 6.45) is 3.21. The quantitative estimate of drug-likeness (QED) is 0.909. The molecule has 0 spiro atoms. The summed E-state index contributed by atoms with van der Waals surface area (Å²) in [7, 11) is 0. The van der Waals surface area contributed by atoms with Crippen molar-refractivity contribution in [2.24, 2.45) is 0 Å². The molecule has 0 aliphatic carbocycles. The Balaban J connectivity index is 1.77. The maximum absolute atomic E-state index is 12.0. The van der Waals surface area contributed by atoms with Crippen LogP contribution >= 0.6 is 0 Å². The first kappa shape index (κ1) is 15.5. The molecule has 1 aromatic heterocycles. The molecule has 3 rings (SSSR count). The molecule has 1 aromatic carbocycles. The van der Waals surface area contributed by atoms with Crippen LogP contribution in [0.4, 0.5) is 11.5 Å². The van der Waals surface area contributed by atoms with Gasteiger partial charge in [0, 0.05) is 25.0 Å². The Morgan fingerprint density at radius 3 is 2.91 bits per heavy atom. The Bertz CT molecular complexity index is 683. The Morgan fingerprint density at radius 1 is 1.35 bits per heavy atom. The molecule has 1 aliphatic rings. The number of fused-ring (bicyclic) bond motifs is 1. The lowest BCUT2D eigenvalue weighted by atomic mass is 10.0. The Hall–Kier alpha value is -2.40. The third-order valence-corrected chi connectivity index (χ3v) is 3.95. The van der Waals surface area contributed by atoms with Crippen molar-refractivity contribution >= 4 is 17.4 Å². The molecule has 5 heteroatoms. The molecule has 2 heterocycles. The number of carbonyl (C=O) groups excluding carboxylic acids is 1. The Kier molecular flexibility index (Phi) is 4.57. The summed E-state index contributed by atoms with van der Waals surface area (Å²) in [6, 6.07) is 12.0. The molecule has 0 radical (unpaired) electrons. The van der Waals surface area contributed by atoms with Crippen LogP contribution in [0.2, 0.25) is 0 Å². The van der Waals surface area contributed by atoms with Gasteiger partial charge in [-0.3, -0.25) is 4.79 Å². The minimum Gasteiger partial charge on any atom is -0.392 e. The molecule has 23 heavy (non-hydrogen) atoms. The second kappa shape index (κ2) is 6.79. The number of hydrogen-bond acceptors (Lipinski definition) is 4. The minimum atomic E-state index is -0.559. The van der Waals surface area contributed by atoms with E-state index >= 15 is 0 Å². The van der Waals surface area contributed by atoms with E-state index in [2.05, 4.69) is 33.4 Å². The number of aryl methyl sites for hydroxylation is 1. The van der Waals surface area contributed by atoms with Gasteiger partial charge in [-0.15, -0.1) is 0 Å². The maximum atomic E-state index is 12.0. The SMILES string of the molecule is CC(O)CNC(=O)c1ccc(N2CCCc3ccccc32)nc1. The van der Waals surface area contributed by atoms with E-state index in [1.807, 2.05) is 12.1 Å². The third kappa shape index (κ3) is 3.51. The molecule has 1 aliphatic heterocycles. The number of pyridine rings is 1. The van der Waals surface area contributed by atoms with Crippen LogP contribution in [0.3, 0.4) is 0 Å². The number of para-hydroxylation sites is 1. The van der Waals surface area contributed by atoms with Gasteiger partial charge in [0.15, 0.2) is 0 Å². The average molecular weight is 311 g/mol. The summed E-state index contributed by atoms with van der Waals surface area (Å²) in [6.45, 7) is 2.80. The average Bonchev–Trinajstić information content (AvgIpc) is 2.59. The van der Waals surface area contributed by atoms with E-state index in [-0.39, 0.29) is 12.5 Å². The van der Waals surface area contributed by atoms with Crippen LogP contribution in [0.15, 0.2) is 42.6 Å². The molecule has 2 N–H and O–H groups in total. The van der Waals surface area contributed by atoms with Gasteiger partial charge in [-0.1, -0.05) is 18.2 Å². The first-order valence-electron chi connectivity index (χ1n) is 7.93. The first-order valence-corrected chi connectivity index (χ1v) is 7.93. The highest BCUT2D eigenvalue weighted by Crippen LogP contribution is 2.31. The van der Waals surface area contributed by atoms with Crippen LogP contribution in [-0.4, -0.2) is 35.2 Å². The highest BCUT2D eigenvalue weighted by atomic mass is 16.3. The van der Waals surface area contributed by atoms with Crippen LogP contribution in [0, 0.1) is 0 Å². The predicted octanol–water partition coefficient (Wildman–Crippen LogP) is 2.28. The second-order valence-corrected chi connectivity index (χ2v) is 5.85. The zero-order valence-corrected chi connectivity index (χ0v) is 13.2. The molecule has 1 amide bonds. The van der Waals surface area contributed by atoms with Gasteiger partial charge in [-0.05, 0) is 43.5 Å². The summed E-state index contributed by atoms with van der Waals surface area (Å²) in [5.74, 6) is 0.633. The number of rotatable bonds is 4. The van der Waals surface area contributed by atoms with Crippen molar-refractivity contribution in [3.05, 3.63) is 53.7 Å². The molecular weight excluding hydrogens is 290 g/mol. The van der Waals surface area contributed by atoms with Crippen molar-refractivity contribution in [3.63, 3.8) is 0 Å². The van der Waals surface area contributed by atoms with Crippen LogP contribution in [0.1, 0.15) is 29.3 Å². The zero-order valence-electron chi connectivity index (χ0n) is 13.2. The number of nitrogens with zero attached hydrogens (tertiary/aromatic N) is 2. The van der Waals surface area contributed by atoms with Gasteiger partial charge in [0.1, 0.15) is 5.82 Å². The smallest absolute Gasteiger partial charge is 0.252 e. The van der Waals surface area contributed by atoms with Crippen molar-refractivity contribution in [1.29, 1.82) is 0 Å². The largest absolute Gasteiger partial charge is 0.392 e. The summed E-state index contributed by atoms with van der Waals surface area (Å²) in [5.41, 5.74) is 3.02. The lowest BCUT2D eigenvalue weighted by Crippen LogP contribution is -2.30. The molecule has 2 aromatic rings. The molecule has 5 nitrogen and oxygen atoms in total. The van der Waals surface area contributed by atoms with E-state index in [0.29, 0.717) is 5.56 Å². The predicted molar refractivity (Wildman–Crippen MR) is 90.0 cm³/mol. The number of anilines is 2. The molecule has 1 unspecified atom stereocenters. The highest BCUT2D eigenvalue weighted by molar-refractivity contribution is 5.94. The molecule has 1 atom stereocenters. The molecule has 120 valence electrons. The van der Waals surface area contributed by atoms with E-state index in [4.69, 9.17) is 0 Å². The van der Waals surface area contributed by atoms with Crippen LogP contribution in [0.25, 0.3) is 0 Å². The van der Waals surface area contributed by atoms with Crippen molar-refractivity contribution in [1.82, 2.24) is 10.3 Å². The summed E-state index contributed by atoms with van der Waals surface area (Å²) in [4.78, 5) is 18.6. The molecule has 0 saturated heterocycles. The number of aromatic nitrogens is 1. The van der Waals surface area contributed by atoms with Gasteiger partial charge in [-0.25, -0.2) is 4.98 Å². The van der Waals surface area contributed by atoms with Gasteiger partial charge in [0.2, 0.25) is 0 Å². The number of amides is 1. The fourth-order valence-corrected chi connectivity index (χ4v) is 2.79. The summed E-state index contributed by atoms with van der Waals surface area (Å²) in [5, 5.41) is 11.9. The zero-order chi connectivity index (χ0) is 16.2. The molecule has 0 fully saturated rings. The summed E-state index contributed by atoms with van der Waals surface area (Å²) < 4.78 is 0. The van der Waals surface area contributed by atoms with Crippen LogP contribution in [-0.2, 0) is 6.42 Å². The topological polar surface area (TPSA) is 65.5 Å². The second-order valence-electron chi connectivity index (χ2n) is 5.85. The maximum Gasteiger partial charge on any atom is 0.252 e. The standard InChI is InChI=1S/C18H21N3O2/c1-13(22)11-20-18(23)15-8-9-17(19-12-15)21-10-4-6-14-5-2-3-7-16(14)21/h2-3,5,7-9,12-13,22H,4,6,10-11H2,1H3,(H,20,23). The Morgan fingerprint density at radius 2 is 2.17 bits per heavy atom. The first-order chi connectivity index (χ1) is 11.1. The van der Waals surface area contributed by atoms with Crippen molar-refractivity contribution in [2.45, 2.75) is 25.9 Å². The third-order valence-electron chi connectivity index (χ3n) is 3.95. The fraction of sp³-hybridized carbons (Fsp3) is 0.333. The molecule has 0 bridgehead atoms. The van der Waals surface area contributed by atoms with Gasteiger partial charge >= 0.3 is 0 Å². The lowest BCUT2D eigenvalue weighted by Gasteiger charge is -2.30. The lowest BCUT2D eigenvalue weighted by molar-refractivity contribution is 0.0923. The fourth-order valence-electron chi connectivity index (χ4n) is 2.79. The van der Waals surface area contributed by atoms with Gasteiger partial charge < -0.3 is 15.3 Å². The Labute approximate surface area is 136 Å². The number of aliphatic hydroxyl groups is 1.